The number of hydrogen-bond acceptors (Lipinski definition) is 3. The molecule has 102 valence electrons. The molecule has 3 aromatic rings. The first-order valence-electron chi connectivity index (χ1n) is 6.62. The Morgan fingerprint density at radius 3 is 2.57 bits per heavy atom. The molecule has 0 unspecified atom stereocenters. The summed E-state index contributed by atoms with van der Waals surface area (Å²) in [7, 11) is 0. The maximum absolute atomic E-state index is 9.01. The minimum atomic E-state index is 0.578. The number of hydrogen-bond donors (Lipinski definition) is 1. The third-order valence-corrected chi connectivity index (χ3v) is 3.38. The van der Waals surface area contributed by atoms with Gasteiger partial charge in [-0.1, -0.05) is 36.4 Å². The minimum Gasteiger partial charge on any atom is -0.383 e. The second-order valence-corrected chi connectivity index (χ2v) is 4.79. The molecule has 0 radical (unpaired) electrons. The van der Waals surface area contributed by atoms with E-state index in [9.17, 15) is 0 Å². The summed E-state index contributed by atoms with van der Waals surface area (Å²) in [5, 5.41) is 13.5. The molecule has 0 fully saturated rings. The van der Waals surface area contributed by atoms with Crippen molar-refractivity contribution in [3.05, 3.63) is 65.9 Å². The minimum absolute atomic E-state index is 0.578. The highest BCUT2D eigenvalue weighted by molar-refractivity contribution is 5.77. The van der Waals surface area contributed by atoms with Crippen molar-refractivity contribution >= 4 is 5.82 Å². The van der Waals surface area contributed by atoms with Gasteiger partial charge in [0.2, 0.25) is 0 Å². The number of nitriles is 1. The molecule has 2 N–H and O–H groups in total. The largest absolute Gasteiger partial charge is 0.383 e. The van der Waals surface area contributed by atoms with E-state index in [-0.39, 0.29) is 0 Å². The first kappa shape index (κ1) is 12.9. The fourth-order valence-corrected chi connectivity index (χ4v) is 2.41. The Balaban J connectivity index is 2.16. The number of aromatic nitrogens is 2. The summed E-state index contributed by atoms with van der Waals surface area (Å²) >= 11 is 0. The van der Waals surface area contributed by atoms with Crippen LogP contribution in [-0.4, -0.2) is 9.78 Å². The van der Waals surface area contributed by atoms with E-state index in [0.717, 1.165) is 22.5 Å². The van der Waals surface area contributed by atoms with Crippen molar-refractivity contribution in [3.63, 3.8) is 0 Å². The third-order valence-electron chi connectivity index (χ3n) is 3.38. The van der Waals surface area contributed by atoms with Gasteiger partial charge in [0.05, 0.1) is 23.0 Å². The lowest BCUT2D eigenvalue weighted by molar-refractivity contribution is 0.871. The Morgan fingerprint density at radius 2 is 1.86 bits per heavy atom. The highest BCUT2D eigenvalue weighted by Crippen LogP contribution is 2.30. The Morgan fingerprint density at radius 1 is 1.10 bits per heavy atom. The monoisotopic (exact) mass is 274 g/mol. The Hall–Kier alpha value is -3.06. The van der Waals surface area contributed by atoms with Crippen molar-refractivity contribution in [2.75, 3.05) is 5.73 Å². The van der Waals surface area contributed by atoms with Crippen LogP contribution in [0.2, 0.25) is 0 Å². The van der Waals surface area contributed by atoms with Crippen molar-refractivity contribution < 1.29 is 0 Å². The standard InChI is InChI=1S/C17H14N4/c1-12-16(14-7-3-2-4-8-14)17(19)21(20-12)15-9-5-6-13(10-15)11-18/h2-10H,19H2,1H3. The van der Waals surface area contributed by atoms with E-state index in [0.29, 0.717) is 11.4 Å². The highest BCUT2D eigenvalue weighted by Gasteiger charge is 2.15. The SMILES string of the molecule is Cc1nn(-c2cccc(C#N)c2)c(N)c1-c1ccccc1. The zero-order chi connectivity index (χ0) is 14.8. The lowest BCUT2D eigenvalue weighted by Crippen LogP contribution is -2.02. The molecule has 3 rings (SSSR count). The molecular formula is C17H14N4. The Bertz CT molecular complexity index is 826. The molecule has 0 amide bonds. The van der Waals surface area contributed by atoms with E-state index < -0.39 is 0 Å². The molecule has 0 spiro atoms. The number of nitrogen functional groups attached to an aromatic ring is 1. The van der Waals surface area contributed by atoms with Crippen molar-refractivity contribution in [2.24, 2.45) is 0 Å². The summed E-state index contributed by atoms with van der Waals surface area (Å²) in [6, 6.07) is 19.3. The summed E-state index contributed by atoms with van der Waals surface area (Å²) in [5.74, 6) is 0.578. The van der Waals surface area contributed by atoms with Crippen LogP contribution in [0.1, 0.15) is 11.3 Å². The van der Waals surface area contributed by atoms with Gasteiger partial charge in [-0.15, -0.1) is 0 Å². The van der Waals surface area contributed by atoms with Gasteiger partial charge in [0.25, 0.3) is 0 Å². The van der Waals surface area contributed by atoms with Crippen molar-refractivity contribution in [3.8, 4) is 22.9 Å². The van der Waals surface area contributed by atoms with E-state index in [1.807, 2.05) is 49.4 Å². The topological polar surface area (TPSA) is 67.6 Å². The fraction of sp³-hybridized carbons (Fsp3) is 0.0588. The molecule has 0 atom stereocenters. The lowest BCUT2D eigenvalue weighted by atomic mass is 10.1. The summed E-state index contributed by atoms with van der Waals surface area (Å²) in [6.45, 7) is 1.93. The summed E-state index contributed by atoms with van der Waals surface area (Å²) in [4.78, 5) is 0. The molecule has 4 heteroatoms. The quantitative estimate of drug-likeness (QED) is 0.779. The smallest absolute Gasteiger partial charge is 0.135 e. The summed E-state index contributed by atoms with van der Waals surface area (Å²) < 4.78 is 1.68. The molecule has 0 saturated carbocycles. The number of anilines is 1. The van der Waals surface area contributed by atoms with Gasteiger partial charge in [-0.05, 0) is 30.7 Å². The van der Waals surface area contributed by atoms with Crippen LogP contribution in [0, 0.1) is 18.3 Å². The van der Waals surface area contributed by atoms with Crippen molar-refractivity contribution in [1.82, 2.24) is 9.78 Å². The molecular weight excluding hydrogens is 260 g/mol. The van der Waals surface area contributed by atoms with Gasteiger partial charge >= 0.3 is 0 Å². The highest BCUT2D eigenvalue weighted by atomic mass is 15.3. The number of benzene rings is 2. The van der Waals surface area contributed by atoms with E-state index in [4.69, 9.17) is 11.0 Å². The first-order chi connectivity index (χ1) is 10.2. The number of aryl methyl sites for hydroxylation is 1. The van der Waals surface area contributed by atoms with Crippen LogP contribution < -0.4 is 5.73 Å². The van der Waals surface area contributed by atoms with Crippen LogP contribution in [0.25, 0.3) is 16.8 Å². The molecule has 1 heterocycles. The molecule has 0 aliphatic rings. The average molecular weight is 274 g/mol. The molecule has 0 aliphatic heterocycles. The Labute approximate surface area is 123 Å². The molecule has 0 aliphatic carbocycles. The lowest BCUT2D eigenvalue weighted by Gasteiger charge is -2.05. The van der Waals surface area contributed by atoms with Crippen LogP contribution in [0.4, 0.5) is 5.82 Å². The predicted octanol–water partition coefficient (Wildman–Crippen LogP) is 3.30. The summed E-state index contributed by atoms with van der Waals surface area (Å²) in [5.41, 5.74) is 10.5. The van der Waals surface area contributed by atoms with Gasteiger partial charge < -0.3 is 5.73 Å². The Kier molecular flexibility index (Phi) is 3.17. The van der Waals surface area contributed by atoms with E-state index in [1.54, 1.807) is 16.8 Å². The van der Waals surface area contributed by atoms with Gasteiger partial charge in [-0.3, -0.25) is 0 Å². The van der Waals surface area contributed by atoms with Crippen LogP contribution in [0.5, 0.6) is 0 Å². The van der Waals surface area contributed by atoms with Crippen molar-refractivity contribution in [2.45, 2.75) is 6.92 Å². The van der Waals surface area contributed by atoms with Crippen molar-refractivity contribution in [1.29, 1.82) is 5.26 Å². The number of rotatable bonds is 2. The molecule has 2 aromatic carbocycles. The number of nitrogens with zero attached hydrogens (tertiary/aromatic N) is 3. The second-order valence-electron chi connectivity index (χ2n) is 4.79. The molecule has 1 aromatic heterocycles. The van der Waals surface area contributed by atoms with Crippen LogP contribution in [0.3, 0.4) is 0 Å². The fourth-order valence-electron chi connectivity index (χ4n) is 2.41. The third kappa shape index (κ3) is 2.26. The normalized spacial score (nSPS) is 10.3. The maximum atomic E-state index is 9.01. The van der Waals surface area contributed by atoms with Crippen LogP contribution >= 0.6 is 0 Å². The molecule has 0 bridgehead atoms. The van der Waals surface area contributed by atoms with Gasteiger partial charge in [-0.2, -0.15) is 10.4 Å². The van der Waals surface area contributed by atoms with E-state index in [1.165, 1.54) is 0 Å². The zero-order valence-electron chi connectivity index (χ0n) is 11.6. The van der Waals surface area contributed by atoms with Gasteiger partial charge in [0.1, 0.15) is 5.82 Å². The zero-order valence-corrected chi connectivity index (χ0v) is 11.6. The first-order valence-corrected chi connectivity index (χ1v) is 6.62. The van der Waals surface area contributed by atoms with E-state index >= 15 is 0 Å². The number of nitrogens with two attached hydrogens (primary N) is 1. The molecule has 0 saturated heterocycles. The predicted molar refractivity (Wildman–Crippen MR) is 82.9 cm³/mol. The van der Waals surface area contributed by atoms with Crippen LogP contribution in [-0.2, 0) is 0 Å². The molecule has 4 nitrogen and oxygen atoms in total. The van der Waals surface area contributed by atoms with Gasteiger partial charge in [0, 0.05) is 5.56 Å². The second kappa shape index (κ2) is 5.14. The molecule has 21 heavy (non-hydrogen) atoms. The van der Waals surface area contributed by atoms with Gasteiger partial charge in [-0.25, -0.2) is 4.68 Å². The van der Waals surface area contributed by atoms with E-state index in [2.05, 4.69) is 11.2 Å². The summed E-state index contributed by atoms with van der Waals surface area (Å²) in [6.07, 6.45) is 0. The van der Waals surface area contributed by atoms with Gasteiger partial charge in [0.15, 0.2) is 0 Å². The maximum Gasteiger partial charge on any atom is 0.135 e. The average Bonchev–Trinajstić information content (AvgIpc) is 2.83. The van der Waals surface area contributed by atoms with Crippen LogP contribution in [0.15, 0.2) is 54.6 Å².